The topological polar surface area (TPSA) is 98.3 Å². The van der Waals surface area contributed by atoms with Crippen molar-refractivity contribution in [1.82, 2.24) is 9.97 Å². The smallest absolute Gasteiger partial charge is 0.344 e. The van der Waals surface area contributed by atoms with Gasteiger partial charge in [-0.05, 0) is 36.5 Å². The maximum atomic E-state index is 12.8. The van der Waals surface area contributed by atoms with Gasteiger partial charge in [-0.25, -0.2) is 14.6 Å². The van der Waals surface area contributed by atoms with Crippen molar-refractivity contribution in [3.8, 4) is 0 Å². The van der Waals surface area contributed by atoms with E-state index in [0.717, 1.165) is 12.0 Å². The summed E-state index contributed by atoms with van der Waals surface area (Å²) >= 11 is 0. The van der Waals surface area contributed by atoms with Crippen molar-refractivity contribution in [3.05, 3.63) is 63.8 Å². The van der Waals surface area contributed by atoms with Gasteiger partial charge >= 0.3 is 17.6 Å². The van der Waals surface area contributed by atoms with E-state index in [1.165, 1.54) is 6.20 Å². The molecular formula is C19H18N2O5. The molecule has 1 unspecified atom stereocenters. The van der Waals surface area contributed by atoms with Gasteiger partial charge < -0.3 is 14.5 Å². The van der Waals surface area contributed by atoms with Crippen LogP contribution in [0.5, 0.6) is 0 Å². The highest BCUT2D eigenvalue weighted by molar-refractivity contribution is 5.97. The average molecular weight is 354 g/mol. The molecule has 26 heavy (non-hydrogen) atoms. The molecule has 0 radical (unpaired) electrons. The molecule has 2 aliphatic rings. The Morgan fingerprint density at radius 1 is 1.31 bits per heavy atom. The predicted octanol–water partition coefficient (Wildman–Crippen LogP) is 1.73. The van der Waals surface area contributed by atoms with Crippen LogP contribution >= 0.6 is 0 Å². The lowest BCUT2D eigenvalue weighted by Gasteiger charge is -2.48. The molecule has 7 heteroatoms. The zero-order chi connectivity index (χ0) is 18.1. The number of aromatic nitrogens is 2. The molecule has 2 heterocycles. The van der Waals surface area contributed by atoms with Crippen molar-refractivity contribution in [3.63, 3.8) is 0 Å². The van der Waals surface area contributed by atoms with Crippen LogP contribution in [0.1, 0.15) is 46.7 Å². The van der Waals surface area contributed by atoms with Gasteiger partial charge in [-0.1, -0.05) is 18.2 Å². The lowest BCUT2D eigenvalue weighted by atomic mass is 9.66. The summed E-state index contributed by atoms with van der Waals surface area (Å²) in [5.74, 6) is -1.36. The first-order valence-electron chi connectivity index (χ1n) is 8.62. The Kier molecular flexibility index (Phi) is 4.06. The number of carbonyl (C=O) groups is 2. The molecule has 1 spiro atoms. The molecule has 0 bridgehead atoms. The van der Waals surface area contributed by atoms with E-state index in [-0.39, 0.29) is 18.5 Å². The van der Waals surface area contributed by atoms with Crippen LogP contribution in [0.15, 0.2) is 41.5 Å². The maximum Gasteiger partial charge on any atom is 0.344 e. The minimum atomic E-state index is -0.776. The minimum Gasteiger partial charge on any atom is -0.465 e. The number of benzene rings is 1. The number of hydrogen-bond donors (Lipinski definition) is 1. The molecular weight excluding hydrogens is 336 g/mol. The van der Waals surface area contributed by atoms with Crippen molar-refractivity contribution in [2.75, 3.05) is 6.61 Å². The van der Waals surface area contributed by atoms with E-state index in [1.807, 2.05) is 6.07 Å². The second-order valence-corrected chi connectivity index (χ2v) is 6.67. The molecule has 0 amide bonds. The van der Waals surface area contributed by atoms with Crippen molar-refractivity contribution in [2.24, 2.45) is 0 Å². The summed E-state index contributed by atoms with van der Waals surface area (Å²) in [6.07, 6.45) is 5.69. The lowest BCUT2D eigenvalue weighted by molar-refractivity contribution is -0.159. The molecule has 1 aromatic carbocycles. The second-order valence-electron chi connectivity index (χ2n) is 6.67. The van der Waals surface area contributed by atoms with Crippen molar-refractivity contribution in [2.45, 2.75) is 37.2 Å². The third-order valence-electron chi connectivity index (χ3n) is 5.11. The summed E-state index contributed by atoms with van der Waals surface area (Å²) in [6, 6.07) is 7.05. The van der Waals surface area contributed by atoms with Gasteiger partial charge in [0.05, 0.1) is 12.2 Å². The Balaban J connectivity index is 1.51. The first-order valence-corrected chi connectivity index (χ1v) is 8.62. The van der Waals surface area contributed by atoms with Crippen LogP contribution in [-0.2, 0) is 20.7 Å². The maximum absolute atomic E-state index is 12.8. The number of carbonyl (C=O) groups excluding carboxylic acids is 2. The van der Waals surface area contributed by atoms with E-state index in [9.17, 15) is 14.4 Å². The summed E-state index contributed by atoms with van der Waals surface area (Å²) in [5.41, 5.74) is 0.683. The molecule has 1 aromatic heterocycles. The Morgan fingerprint density at radius 3 is 2.81 bits per heavy atom. The highest BCUT2D eigenvalue weighted by Crippen LogP contribution is 2.51. The molecule has 1 saturated carbocycles. The number of aromatic amines is 1. The first kappa shape index (κ1) is 16.5. The number of nitrogens with one attached hydrogen (secondary N) is 1. The van der Waals surface area contributed by atoms with Crippen LogP contribution in [0.4, 0.5) is 0 Å². The fourth-order valence-corrected chi connectivity index (χ4v) is 3.63. The van der Waals surface area contributed by atoms with Crippen LogP contribution < -0.4 is 5.69 Å². The largest absolute Gasteiger partial charge is 0.465 e. The van der Waals surface area contributed by atoms with Gasteiger partial charge in [0.15, 0.2) is 0 Å². The van der Waals surface area contributed by atoms with Gasteiger partial charge in [-0.2, -0.15) is 0 Å². The van der Waals surface area contributed by atoms with Gasteiger partial charge in [0, 0.05) is 18.8 Å². The van der Waals surface area contributed by atoms with Gasteiger partial charge in [0.25, 0.3) is 0 Å². The number of ether oxygens (including phenoxy) is 2. The zero-order valence-electron chi connectivity index (χ0n) is 14.1. The Bertz CT molecular complexity index is 896. The summed E-state index contributed by atoms with van der Waals surface area (Å²) in [6.45, 7) is 0.162. The fourth-order valence-electron chi connectivity index (χ4n) is 3.63. The van der Waals surface area contributed by atoms with Gasteiger partial charge in [0.1, 0.15) is 11.5 Å². The molecule has 7 nitrogen and oxygen atoms in total. The molecule has 1 aliphatic carbocycles. The predicted molar refractivity (Wildman–Crippen MR) is 90.7 cm³/mol. The number of esters is 2. The number of hydrogen-bond acceptors (Lipinski definition) is 6. The summed E-state index contributed by atoms with van der Waals surface area (Å²) in [4.78, 5) is 42.2. The van der Waals surface area contributed by atoms with Crippen molar-refractivity contribution in [1.29, 1.82) is 0 Å². The Morgan fingerprint density at radius 2 is 2.12 bits per heavy atom. The van der Waals surface area contributed by atoms with E-state index in [4.69, 9.17) is 9.47 Å². The van der Waals surface area contributed by atoms with Crippen LogP contribution in [0.2, 0.25) is 0 Å². The minimum absolute atomic E-state index is 0.162. The SMILES string of the molecule is O=C1OC2(CCC2)C(C(=O)OCCc2cnc(=O)[nH]c2)c2ccccc21. The van der Waals surface area contributed by atoms with E-state index in [2.05, 4.69) is 9.97 Å². The van der Waals surface area contributed by atoms with E-state index < -0.39 is 17.2 Å². The molecule has 1 fully saturated rings. The normalized spacial score (nSPS) is 20.0. The monoisotopic (exact) mass is 354 g/mol. The van der Waals surface area contributed by atoms with E-state index >= 15 is 0 Å². The quantitative estimate of drug-likeness (QED) is 0.840. The highest BCUT2D eigenvalue weighted by atomic mass is 16.6. The number of H-pyrrole nitrogens is 1. The Hall–Kier alpha value is -2.96. The van der Waals surface area contributed by atoms with Crippen LogP contribution in [0.3, 0.4) is 0 Å². The standard InChI is InChI=1S/C19H18N2O5/c22-16-14-5-2-1-4-13(14)15(19(26-16)7-3-8-19)17(23)25-9-6-12-10-20-18(24)21-11-12/h1-2,4-5,10-11,15H,3,6-9H2,(H,20,21,24). The number of fused-ring (bicyclic) bond motifs is 1. The van der Waals surface area contributed by atoms with E-state index in [0.29, 0.717) is 30.4 Å². The van der Waals surface area contributed by atoms with Gasteiger partial charge in [-0.15, -0.1) is 0 Å². The molecule has 2 aromatic rings. The molecule has 4 rings (SSSR count). The molecule has 1 aliphatic heterocycles. The van der Waals surface area contributed by atoms with E-state index in [1.54, 1.807) is 24.4 Å². The highest BCUT2D eigenvalue weighted by Gasteiger charge is 2.56. The molecule has 1 atom stereocenters. The average Bonchev–Trinajstić information content (AvgIpc) is 2.62. The van der Waals surface area contributed by atoms with Gasteiger partial charge in [0.2, 0.25) is 0 Å². The summed E-state index contributed by atoms with van der Waals surface area (Å²) in [5, 5.41) is 0. The van der Waals surface area contributed by atoms with Crippen LogP contribution in [0, 0.1) is 0 Å². The summed E-state index contributed by atoms with van der Waals surface area (Å²) < 4.78 is 11.1. The van der Waals surface area contributed by atoms with Crippen molar-refractivity contribution >= 4 is 11.9 Å². The third kappa shape index (κ3) is 2.79. The number of nitrogens with zero attached hydrogens (tertiary/aromatic N) is 1. The molecule has 134 valence electrons. The summed E-state index contributed by atoms with van der Waals surface area (Å²) in [7, 11) is 0. The van der Waals surface area contributed by atoms with Crippen LogP contribution in [-0.4, -0.2) is 34.1 Å². The second kappa shape index (κ2) is 6.40. The lowest BCUT2D eigenvalue weighted by Crippen LogP contribution is -2.53. The molecule has 1 N–H and O–H groups in total. The third-order valence-corrected chi connectivity index (χ3v) is 5.11. The first-order chi connectivity index (χ1) is 12.6. The van der Waals surface area contributed by atoms with Crippen LogP contribution in [0.25, 0.3) is 0 Å². The van der Waals surface area contributed by atoms with Gasteiger partial charge in [-0.3, -0.25) is 4.79 Å². The molecule has 0 saturated heterocycles. The van der Waals surface area contributed by atoms with Crippen molar-refractivity contribution < 1.29 is 19.1 Å². The zero-order valence-corrected chi connectivity index (χ0v) is 14.1. The number of rotatable bonds is 4. The Labute approximate surface area is 149 Å². The fraction of sp³-hybridized carbons (Fsp3) is 0.368.